The Kier molecular flexibility index (Phi) is 6.11. The highest BCUT2D eigenvalue weighted by atomic mass is 16.5. The van der Waals surface area contributed by atoms with E-state index in [1.807, 2.05) is 26.8 Å². The van der Waals surface area contributed by atoms with Gasteiger partial charge in [0.25, 0.3) is 0 Å². The zero-order chi connectivity index (χ0) is 19.6. The number of benzene rings is 1. The maximum Gasteiger partial charge on any atom is 0.228 e. The van der Waals surface area contributed by atoms with Gasteiger partial charge in [-0.25, -0.2) is 0 Å². The van der Waals surface area contributed by atoms with Gasteiger partial charge in [-0.2, -0.15) is 0 Å². The van der Waals surface area contributed by atoms with Crippen molar-refractivity contribution >= 4 is 5.91 Å². The van der Waals surface area contributed by atoms with Gasteiger partial charge in [-0.05, 0) is 33.0 Å². The van der Waals surface area contributed by atoms with Crippen LogP contribution in [0.3, 0.4) is 0 Å². The van der Waals surface area contributed by atoms with Gasteiger partial charge < -0.3 is 14.5 Å². The lowest BCUT2D eigenvalue weighted by Gasteiger charge is -2.37. The molecular weight excluding hydrogens is 338 g/mol. The molecule has 1 fully saturated rings. The molecule has 2 atom stereocenters. The maximum absolute atomic E-state index is 12.9. The topological polar surface area (TPSA) is 36.0 Å². The average Bonchev–Trinajstić information content (AvgIpc) is 2.98. The van der Waals surface area contributed by atoms with E-state index in [9.17, 15) is 4.79 Å². The number of fused-ring (bicyclic) bond motifs is 1. The number of hydrogen-bond donors (Lipinski definition) is 0. The predicted molar refractivity (Wildman–Crippen MR) is 109 cm³/mol. The van der Waals surface area contributed by atoms with Gasteiger partial charge in [0, 0.05) is 43.2 Å². The standard InChI is InChI=1S/C22H35N3O2/c1-22(2,3)21(26)25-12-8-10-18(25)15-24-13-17-9-6-7-11-20(17)27-16-19(24)14-23(4)5/h6-7,9,11,18-19H,8,10,12-16H2,1-5H3/t18-,19-/m0/s1. The molecule has 0 aromatic heterocycles. The minimum Gasteiger partial charge on any atom is -0.492 e. The highest BCUT2D eigenvalue weighted by Gasteiger charge is 2.37. The van der Waals surface area contributed by atoms with Crippen LogP contribution >= 0.6 is 0 Å². The minimum absolute atomic E-state index is 0.278. The van der Waals surface area contributed by atoms with Gasteiger partial charge in [0.15, 0.2) is 0 Å². The molecule has 5 heteroatoms. The smallest absolute Gasteiger partial charge is 0.228 e. The Balaban J connectivity index is 1.79. The Morgan fingerprint density at radius 3 is 2.67 bits per heavy atom. The fourth-order valence-electron chi connectivity index (χ4n) is 4.21. The lowest BCUT2D eigenvalue weighted by molar-refractivity contribution is -0.140. The molecule has 150 valence electrons. The molecule has 0 aliphatic carbocycles. The van der Waals surface area contributed by atoms with E-state index in [1.165, 1.54) is 5.56 Å². The molecule has 0 bridgehead atoms. The summed E-state index contributed by atoms with van der Waals surface area (Å²) in [5.74, 6) is 1.28. The number of likely N-dealkylation sites (tertiary alicyclic amines) is 1. The number of nitrogens with zero attached hydrogens (tertiary/aromatic N) is 3. The van der Waals surface area contributed by atoms with E-state index in [2.05, 4.69) is 47.0 Å². The van der Waals surface area contributed by atoms with E-state index in [1.54, 1.807) is 0 Å². The van der Waals surface area contributed by atoms with Gasteiger partial charge in [0.1, 0.15) is 12.4 Å². The van der Waals surface area contributed by atoms with Crippen molar-refractivity contribution in [3.8, 4) is 5.75 Å². The molecule has 3 rings (SSSR count). The molecule has 2 aliphatic heterocycles. The number of para-hydroxylation sites is 1. The average molecular weight is 374 g/mol. The number of ether oxygens (including phenoxy) is 1. The fraction of sp³-hybridized carbons (Fsp3) is 0.682. The van der Waals surface area contributed by atoms with Crippen LogP contribution in [0.25, 0.3) is 0 Å². The van der Waals surface area contributed by atoms with Crippen molar-refractivity contribution in [2.75, 3.05) is 40.3 Å². The predicted octanol–water partition coefficient (Wildman–Crippen LogP) is 2.85. The molecule has 0 radical (unpaired) electrons. The van der Waals surface area contributed by atoms with E-state index < -0.39 is 0 Å². The Morgan fingerprint density at radius 2 is 1.96 bits per heavy atom. The third-order valence-electron chi connectivity index (χ3n) is 5.59. The van der Waals surface area contributed by atoms with Crippen molar-refractivity contribution in [2.24, 2.45) is 5.41 Å². The number of hydrogen-bond acceptors (Lipinski definition) is 4. The fourth-order valence-corrected chi connectivity index (χ4v) is 4.21. The van der Waals surface area contributed by atoms with Crippen molar-refractivity contribution in [2.45, 2.75) is 52.2 Å². The summed E-state index contributed by atoms with van der Waals surface area (Å²) in [5.41, 5.74) is 0.922. The summed E-state index contributed by atoms with van der Waals surface area (Å²) in [5, 5.41) is 0. The van der Waals surface area contributed by atoms with Crippen LogP contribution in [0.1, 0.15) is 39.2 Å². The van der Waals surface area contributed by atoms with E-state index in [0.29, 0.717) is 18.7 Å². The lowest BCUT2D eigenvalue weighted by atomic mass is 9.94. The Hall–Kier alpha value is -1.59. The van der Waals surface area contributed by atoms with Crippen LogP contribution in [-0.4, -0.2) is 73.0 Å². The summed E-state index contributed by atoms with van der Waals surface area (Å²) in [7, 11) is 4.22. The molecule has 1 saturated heterocycles. The third kappa shape index (κ3) is 4.82. The summed E-state index contributed by atoms with van der Waals surface area (Å²) in [6.07, 6.45) is 2.20. The Labute approximate surface area is 164 Å². The van der Waals surface area contributed by atoms with Crippen molar-refractivity contribution < 1.29 is 9.53 Å². The highest BCUT2D eigenvalue weighted by molar-refractivity contribution is 5.82. The SMILES string of the molecule is CN(C)C[C@H]1COc2ccccc2CN1C[C@@H]1CCCN1C(=O)C(C)(C)C. The van der Waals surface area contributed by atoms with Gasteiger partial charge in [-0.1, -0.05) is 39.0 Å². The Morgan fingerprint density at radius 1 is 1.22 bits per heavy atom. The monoisotopic (exact) mass is 373 g/mol. The summed E-state index contributed by atoms with van der Waals surface area (Å²) in [6, 6.07) is 8.96. The van der Waals surface area contributed by atoms with Crippen LogP contribution in [-0.2, 0) is 11.3 Å². The molecule has 1 aromatic carbocycles. The van der Waals surface area contributed by atoms with E-state index in [4.69, 9.17) is 4.74 Å². The van der Waals surface area contributed by atoms with E-state index in [0.717, 1.165) is 44.8 Å². The van der Waals surface area contributed by atoms with Crippen molar-refractivity contribution in [1.29, 1.82) is 0 Å². The van der Waals surface area contributed by atoms with E-state index >= 15 is 0 Å². The van der Waals surface area contributed by atoms with Crippen molar-refractivity contribution in [3.63, 3.8) is 0 Å². The second-order valence-electron chi connectivity index (χ2n) is 9.31. The lowest BCUT2D eigenvalue weighted by Crippen LogP contribution is -2.51. The normalized spacial score (nSPS) is 23.9. The van der Waals surface area contributed by atoms with Crippen LogP contribution in [0.15, 0.2) is 24.3 Å². The molecule has 27 heavy (non-hydrogen) atoms. The molecule has 2 heterocycles. The molecule has 0 unspecified atom stereocenters. The number of rotatable bonds is 4. The van der Waals surface area contributed by atoms with Gasteiger partial charge in [-0.15, -0.1) is 0 Å². The minimum atomic E-state index is -0.319. The van der Waals surface area contributed by atoms with Crippen molar-refractivity contribution in [1.82, 2.24) is 14.7 Å². The van der Waals surface area contributed by atoms with E-state index in [-0.39, 0.29) is 11.3 Å². The first-order valence-corrected chi connectivity index (χ1v) is 10.2. The maximum atomic E-state index is 12.9. The molecule has 1 aromatic rings. The van der Waals surface area contributed by atoms with Crippen LogP contribution < -0.4 is 4.74 Å². The molecule has 2 aliphatic rings. The number of likely N-dealkylation sites (N-methyl/N-ethyl adjacent to an activating group) is 1. The number of amides is 1. The van der Waals surface area contributed by atoms with Gasteiger partial charge in [-0.3, -0.25) is 9.69 Å². The van der Waals surface area contributed by atoms with Gasteiger partial charge >= 0.3 is 0 Å². The van der Waals surface area contributed by atoms with Crippen LogP contribution in [0.5, 0.6) is 5.75 Å². The van der Waals surface area contributed by atoms with Crippen LogP contribution in [0, 0.1) is 5.41 Å². The highest BCUT2D eigenvalue weighted by Crippen LogP contribution is 2.29. The summed E-state index contributed by atoms with van der Waals surface area (Å²) in [6.45, 7) is 10.4. The molecule has 1 amide bonds. The summed E-state index contributed by atoms with van der Waals surface area (Å²) >= 11 is 0. The third-order valence-corrected chi connectivity index (χ3v) is 5.59. The van der Waals surface area contributed by atoms with Gasteiger partial charge in [0.05, 0.1) is 6.04 Å². The van der Waals surface area contributed by atoms with Crippen LogP contribution in [0.4, 0.5) is 0 Å². The van der Waals surface area contributed by atoms with Gasteiger partial charge in [0.2, 0.25) is 5.91 Å². The first-order valence-electron chi connectivity index (χ1n) is 10.2. The summed E-state index contributed by atoms with van der Waals surface area (Å²) < 4.78 is 6.14. The molecule has 0 spiro atoms. The largest absolute Gasteiger partial charge is 0.492 e. The molecule has 5 nitrogen and oxygen atoms in total. The molecular formula is C22H35N3O2. The second-order valence-corrected chi connectivity index (χ2v) is 9.31. The number of carbonyl (C=O) groups excluding carboxylic acids is 1. The zero-order valence-electron chi connectivity index (χ0n) is 17.6. The number of carbonyl (C=O) groups is 1. The Bertz CT molecular complexity index is 653. The molecule has 0 N–H and O–H groups in total. The second kappa shape index (κ2) is 8.19. The first-order chi connectivity index (χ1) is 12.8. The molecule has 0 saturated carbocycles. The van der Waals surface area contributed by atoms with Crippen LogP contribution in [0.2, 0.25) is 0 Å². The summed E-state index contributed by atoms with van der Waals surface area (Å²) in [4.78, 5) is 19.8. The quantitative estimate of drug-likeness (QED) is 0.813. The first kappa shape index (κ1) is 20.2. The zero-order valence-corrected chi connectivity index (χ0v) is 17.6. The van der Waals surface area contributed by atoms with Crippen molar-refractivity contribution in [3.05, 3.63) is 29.8 Å².